The standard InChI is InChI=1S/C18H21FN4O3/c1-25-8-6-18(24)23-7-9-26-16(12-23)15-4-3-14(11-20-15)22-17-5-2-13(19)10-21-17/h2-5,10-11,16H,6-9,12H2,1H3,(H,21,22)/t16-/m0/s1. The molecule has 0 unspecified atom stereocenters. The molecule has 0 spiro atoms. The molecule has 1 saturated heterocycles. The summed E-state index contributed by atoms with van der Waals surface area (Å²) in [6.45, 7) is 1.94. The number of hydrogen-bond donors (Lipinski definition) is 1. The van der Waals surface area contributed by atoms with E-state index in [1.54, 1.807) is 24.3 Å². The Morgan fingerprint density at radius 1 is 1.35 bits per heavy atom. The minimum atomic E-state index is -0.386. The number of ether oxygens (including phenoxy) is 2. The summed E-state index contributed by atoms with van der Waals surface area (Å²) in [6.07, 6.45) is 2.92. The SMILES string of the molecule is COCCC(=O)N1CCO[C@H](c2ccc(Nc3ccc(F)cn3)cn2)C1. The van der Waals surface area contributed by atoms with Crippen molar-refractivity contribution in [3.05, 3.63) is 48.2 Å². The van der Waals surface area contributed by atoms with E-state index in [1.165, 1.54) is 6.07 Å². The third kappa shape index (κ3) is 4.74. The third-order valence-electron chi connectivity index (χ3n) is 4.06. The topological polar surface area (TPSA) is 76.6 Å². The number of carbonyl (C=O) groups is 1. The van der Waals surface area contributed by atoms with E-state index < -0.39 is 0 Å². The molecule has 1 aliphatic heterocycles. The van der Waals surface area contributed by atoms with Crippen LogP contribution in [0.25, 0.3) is 0 Å². The number of morpholine rings is 1. The summed E-state index contributed by atoms with van der Waals surface area (Å²) < 4.78 is 23.6. The predicted molar refractivity (Wildman–Crippen MR) is 93.5 cm³/mol. The van der Waals surface area contributed by atoms with Crippen molar-refractivity contribution in [2.24, 2.45) is 0 Å². The summed E-state index contributed by atoms with van der Waals surface area (Å²) in [6, 6.07) is 6.58. The fourth-order valence-corrected chi connectivity index (χ4v) is 2.67. The van der Waals surface area contributed by atoms with Crippen molar-refractivity contribution in [2.75, 3.05) is 38.7 Å². The van der Waals surface area contributed by atoms with Gasteiger partial charge in [-0.3, -0.25) is 9.78 Å². The number of nitrogens with zero attached hydrogens (tertiary/aromatic N) is 3. The average Bonchev–Trinajstić information content (AvgIpc) is 2.68. The lowest BCUT2D eigenvalue weighted by Gasteiger charge is -2.32. The quantitative estimate of drug-likeness (QED) is 0.852. The van der Waals surface area contributed by atoms with Gasteiger partial charge in [0.05, 0.1) is 50.0 Å². The number of amides is 1. The molecule has 2 aromatic heterocycles. The zero-order valence-electron chi connectivity index (χ0n) is 14.5. The molecular weight excluding hydrogens is 339 g/mol. The Bertz CT molecular complexity index is 724. The lowest BCUT2D eigenvalue weighted by molar-refractivity contribution is -0.140. The molecule has 1 fully saturated rings. The number of aromatic nitrogens is 2. The maximum Gasteiger partial charge on any atom is 0.225 e. The molecule has 2 aromatic rings. The van der Waals surface area contributed by atoms with Gasteiger partial charge in [0, 0.05) is 13.7 Å². The molecule has 0 saturated carbocycles. The number of rotatable bonds is 6. The highest BCUT2D eigenvalue weighted by Gasteiger charge is 2.25. The fraction of sp³-hybridized carbons (Fsp3) is 0.389. The summed E-state index contributed by atoms with van der Waals surface area (Å²) in [7, 11) is 1.58. The second-order valence-corrected chi connectivity index (χ2v) is 5.90. The zero-order valence-corrected chi connectivity index (χ0v) is 14.5. The van der Waals surface area contributed by atoms with Gasteiger partial charge in [-0.05, 0) is 24.3 Å². The van der Waals surface area contributed by atoms with E-state index in [9.17, 15) is 9.18 Å². The largest absolute Gasteiger partial charge is 0.384 e. The monoisotopic (exact) mass is 360 g/mol. The van der Waals surface area contributed by atoms with Gasteiger partial charge in [0.25, 0.3) is 0 Å². The van der Waals surface area contributed by atoms with Crippen LogP contribution in [-0.4, -0.2) is 54.2 Å². The van der Waals surface area contributed by atoms with Crippen LogP contribution in [-0.2, 0) is 14.3 Å². The molecule has 0 aromatic carbocycles. The number of pyridine rings is 2. The number of carbonyl (C=O) groups excluding carboxylic acids is 1. The van der Waals surface area contributed by atoms with Gasteiger partial charge < -0.3 is 19.7 Å². The van der Waals surface area contributed by atoms with Crippen LogP contribution in [0.3, 0.4) is 0 Å². The molecule has 1 atom stereocenters. The van der Waals surface area contributed by atoms with Crippen molar-refractivity contribution < 1.29 is 18.7 Å². The van der Waals surface area contributed by atoms with E-state index in [4.69, 9.17) is 9.47 Å². The highest BCUT2D eigenvalue weighted by atomic mass is 19.1. The summed E-state index contributed by atoms with van der Waals surface area (Å²) in [5.74, 6) is 0.202. The van der Waals surface area contributed by atoms with Crippen molar-refractivity contribution in [3.8, 4) is 0 Å². The van der Waals surface area contributed by atoms with Crippen molar-refractivity contribution >= 4 is 17.4 Å². The molecule has 0 aliphatic carbocycles. The van der Waals surface area contributed by atoms with Gasteiger partial charge in [0.1, 0.15) is 17.7 Å². The van der Waals surface area contributed by atoms with Gasteiger partial charge >= 0.3 is 0 Å². The maximum absolute atomic E-state index is 12.9. The summed E-state index contributed by atoms with van der Waals surface area (Å²) in [4.78, 5) is 22.3. The highest BCUT2D eigenvalue weighted by molar-refractivity contribution is 5.76. The van der Waals surface area contributed by atoms with E-state index in [0.29, 0.717) is 38.5 Å². The normalized spacial score (nSPS) is 17.2. The summed E-state index contributed by atoms with van der Waals surface area (Å²) in [5.41, 5.74) is 1.49. The lowest BCUT2D eigenvalue weighted by Crippen LogP contribution is -2.42. The van der Waals surface area contributed by atoms with E-state index in [-0.39, 0.29) is 17.8 Å². The van der Waals surface area contributed by atoms with Crippen molar-refractivity contribution in [3.63, 3.8) is 0 Å². The van der Waals surface area contributed by atoms with Gasteiger partial charge in [0.15, 0.2) is 0 Å². The van der Waals surface area contributed by atoms with Crippen molar-refractivity contribution in [2.45, 2.75) is 12.5 Å². The van der Waals surface area contributed by atoms with E-state index in [1.807, 2.05) is 12.1 Å². The molecule has 0 bridgehead atoms. The number of anilines is 2. The Balaban J connectivity index is 1.60. The molecular formula is C18H21FN4O3. The van der Waals surface area contributed by atoms with Crippen LogP contribution < -0.4 is 5.32 Å². The van der Waals surface area contributed by atoms with Crippen LogP contribution >= 0.6 is 0 Å². The number of nitrogens with one attached hydrogen (secondary N) is 1. The van der Waals surface area contributed by atoms with Gasteiger partial charge in [-0.25, -0.2) is 9.37 Å². The molecule has 26 heavy (non-hydrogen) atoms. The van der Waals surface area contributed by atoms with Crippen LogP contribution in [0.15, 0.2) is 36.7 Å². The van der Waals surface area contributed by atoms with Crippen LogP contribution in [0.4, 0.5) is 15.9 Å². The molecule has 1 N–H and O–H groups in total. The number of methoxy groups -OCH3 is 1. The first-order valence-corrected chi connectivity index (χ1v) is 8.38. The van der Waals surface area contributed by atoms with E-state index in [2.05, 4.69) is 15.3 Å². The van der Waals surface area contributed by atoms with E-state index >= 15 is 0 Å². The van der Waals surface area contributed by atoms with Crippen LogP contribution in [0, 0.1) is 5.82 Å². The van der Waals surface area contributed by atoms with Gasteiger partial charge in [-0.1, -0.05) is 0 Å². The highest BCUT2D eigenvalue weighted by Crippen LogP contribution is 2.23. The first kappa shape index (κ1) is 18.2. The third-order valence-corrected chi connectivity index (χ3v) is 4.06. The Labute approximate surface area is 151 Å². The minimum absolute atomic E-state index is 0.0563. The Morgan fingerprint density at radius 3 is 2.92 bits per heavy atom. The molecule has 3 rings (SSSR count). The molecule has 1 amide bonds. The van der Waals surface area contributed by atoms with Crippen molar-refractivity contribution in [1.82, 2.24) is 14.9 Å². The second-order valence-electron chi connectivity index (χ2n) is 5.90. The number of halogens is 1. The summed E-state index contributed by atoms with van der Waals surface area (Å²) in [5, 5.41) is 3.05. The zero-order chi connectivity index (χ0) is 18.4. The van der Waals surface area contributed by atoms with Gasteiger partial charge in [0.2, 0.25) is 5.91 Å². The molecule has 7 nitrogen and oxygen atoms in total. The van der Waals surface area contributed by atoms with Crippen LogP contribution in [0.1, 0.15) is 18.2 Å². The molecule has 1 aliphatic rings. The van der Waals surface area contributed by atoms with Gasteiger partial charge in [-0.2, -0.15) is 0 Å². The van der Waals surface area contributed by atoms with Gasteiger partial charge in [-0.15, -0.1) is 0 Å². The average molecular weight is 360 g/mol. The number of hydrogen-bond acceptors (Lipinski definition) is 6. The molecule has 3 heterocycles. The maximum atomic E-state index is 12.9. The molecule has 8 heteroatoms. The summed E-state index contributed by atoms with van der Waals surface area (Å²) >= 11 is 0. The van der Waals surface area contributed by atoms with Crippen molar-refractivity contribution in [1.29, 1.82) is 0 Å². The fourth-order valence-electron chi connectivity index (χ4n) is 2.67. The van der Waals surface area contributed by atoms with Crippen LogP contribution in [0.5, 0.6) is 0 Å². The second kappa shape index (κ2) is 8.68. The van der Waals surface area contributed by atoms with Crippen LogP contribution in [0.2, 0.25) is 0 Å². The molecule has 138 valence electrons. The Morgan fingerprint density at radius 2 is 2.23 bits per heavy atom. The first-order valence-electron chi connectivity index (χ1n) is 8.38. The van der Waals surface area contributed by atoms with E-state index in [0.717, 1.165) is 17.6 Å². The molecule has 0 radical (unpaired) electrons. The first-order chi connectivity index (χ1) is 12.7. The predicted octanol–water partition coefficient (Wildman–Crippen LogP) is 2.30. The lowest BCUT2D eigenvalue weighted by atomic mass is 10.1. The minimum Gasteiger partial charge on any atom is -0.384 e. The Hall–Kier alpha value is -2.58. The Kier molecular flexibility index (Phi) is 6.08. The smallest absolute Gasteiger partial charge is 0.225 e.